The van der Waals surface area contributed by atoms with E-state index in [0.717, 1.165) is 31.5 Å². The summed E-state index contributed by atoms with van der Waals surface area (Å²) >= 11 is 0. The van der Waals surface area contributed by atoms with E-state index < -0.39 is 6.09 Å². The lowest BCUT2D eigenvalue weighted by molar-refractivity contribution is 0.0652. The summed E-state index contributed by atoms with van der Waals surface area (Å²) in [6.45, 7) is 0.844. The molecule has 27 heavy (non-hydrogen) atoms. The quantitative estimate of drug-likeness (QED) is 0.854. The fourth-order valence-corrected chi connectivity index (χ4v) is 4.49. The van der Waals surface area contributed by atoms with Gasteiger partial charge in [0.15, 0.2) is 5.65 Å². The number of piperidine rings is 1. The number of aromatic nitrogens is 3. The van der Waals surface area contributed by atoms with E-state index in [0.29, 0.717) is 54.7 Å². The summed E-state index contributed by atoms with van der Waals surface area (Å²) in [5.41, 5.74) is 1.83. The maximum absolute atomic E-state index is 14.7. The van der Waals surface area contributed by atoms with Gasteiger partial charge in [0.05, 0.1) is 17.8 Å². The monoisotopic (exact) mass is 376 g/mol. The lowest BCUT2D eigenvalue weighted by atomic mass is 9.87. The normalized spacial score (nSPS) is 24.4. The van der Waals surface area contributed by atoms with Crippen LogP contribution in [0, 0.1) is 5.82 Å². The summed E-state index contributed by atoms with van der Waals surface area (Å²) in [6.07, 6.45) is 5.85. The number of ether oxygens (including phenoxy) is 1. The van der Waals surface area contributed by atoms with Crippen molar-refractivity contribution in [2.24, 2.45) is 0 Å². The van der Waals surface area contributed by atoms with E-state index >= 15 is 0 Å². The van der Waals surface area contributed by atoms with Crippen LogP contribution < -0.4 is 0 Å². The summed E-state index contributed by atoms with van der Waals surface area (Å²) in [6, 6.07) is 0. The molecule has 0 unspecified atom stereocenters. The van der Waals surface area contributed by atoms with Crippen LogP contribution in [0.3, 0.4) is 0 Å². The highest BCUT2D eigenvalue weighted by Crippen LogP contribution is 2.37. The minimum atomic E-state index is -0.913. The SMILES string of the molecule is COC1CCC(c2nc3ncc(F)c(C4CCN(C(=O)O)CC4)c3[nH]2)CC1. The van der Waals surface area contributed by atoms with Gasteiger partial charge in [-0.3, -0.25) is 0 Å². The first kappa shape index (κ1) is 18.2. The Kier molecular flexibility index (Phi) is 4.99. The zero-order valence-corrected chi connectivity index (χ0v) is 15.4. The van der Waals surface area contributed by atoms with Crippen molar-refractivity contribution in [1.82, 2.24) is 19.9 Å². The van der Waals surface area contributed by atoms with Gasteiger partial charge in [-0.25, -0.2) is 19.2 Å². The van der Waals surface area contributed by atoms with E-state index in [2.05, 4.69) is 15.0 Å². The first-order chi connectivity index (χ1) is 13.1. The largest absolute Gasteiger partial charge is 0.465 e. The molecule has 1 saturated heterocycles. The fourth-order valence-electron chi connectivity index (χ4n) is 4.49. The smallest absolute Gasteiger partial charge is 0.407 e. The molecule has 2 N–H and O–H groups in total. The Bertz CT molecular complexity index is 824. The second-order valence-electron chi connectivity index (χ2n) is 7.59. The van der Waals surface area contributed by atoms with E-state index in [1.165, 1.54) is 11.1 Å². The summed E-state index contributed by atoms with van der Waals surface area (Å²) in [5, 5.41) is 9.12. The molecule has 2 aromatic rings. The Hall–Kier alpha value is -2.22. The van der Waals surface area contributed by atoms with Gasteiger partial charge in [-0.05, 0) is 44.4 Å². The van der Waals surface area contributed by atoms with Crippen LogP contribution >= 0.6 is 0 Å². The molecular weight excluding hydrogens is 351 g/mol. The molecule has 3 heterocycles. The zero-order valence-electron chi connectivity index (χ0n) is 15.4. The number of hydrogen-bond donors (Lipinski definition) is 2. The predicted molar refractivity (Wildman–Crippen MR) is 97.4 cm³/mol. The predicted octanol–water partition coefficient (Wildman–Crippen LogP) is 3.63. The summed E-state index contributed by atoms with van der Waals surface area (Å²) in [5.74, 6) is 0.829. The van der Waals surface area contributed by atoms with Gasteiger partial charge in [-0.2, -0.15) is 0 Å². The molecule has 0 spiro atoms. The van der Waals surface area contributed by atoms with Gasteiger partial charge < -0.3 is 19.7 Å². The Morgan fingerprint density at radius 3 is 2.56 bits per heavy atom. The van der Waals surface area contributed by atoms with E-state index in [9.17, 15) is 9.18 Å². The molecule has 1 aliphatic carbocycles. The van der Waals surface area contributed by atoms with Crippen molar-refractivity contribution in [2.45, 2.75) is 56.5 Å². The molecule has 0 atom stereocenters. The second kappa shape index (κ2) is 7.42. The first-order valence-corrected chi connectivity index (χ1v) is 9.61. The summed E-state index contributed by atoms with van der Waals surface area (Å²) in [7, 11) is 1.75. The molecule has 1 saturated carbocycles. The molecular formula is C19H25FN4O3. The molecule has 1 aliphatic heterocycles. The highest BCUT2D eigenvalue weighted by Gasteiger charge is 2.29. The molecule has 0 bridgehead atoms. The number of H-pyrrole nitrogens is 1. The minimum absolute atomic E-state index is 0.0244. The Morgan fingerprint density at radius 1 is 1.22 bits per heavy atom. The van der Waals surface area contributed by atoms with Crippen LogP contribution in [0.25, 0.3) is 11.2 Å². The number of halogens is 1. The van der Waals surface area contributed by atoms with Crippen molar-refractivity contribution in [3.8, 4) is 0 Å². The van der Waals surface area contributed by atoms with Gasteiger partial charge in [-0.1, -0.05) is 0 Å². The number of rotatable bonds is 3. The molecule has 146 valence electrons. The molecule has 2 aromatic heterocycles. The highest BCUT2D eigenvalue weighted by molar-refractivity contribution is 5.76. The summed E-state index contributed by atoms with van der Waals surface area (Å²) < 4.78 is 20.1. The number of nitrogens with zero attached hydrogens (tertiary/aromatic N) is 3. The van der Waals surface area contributed by atoms with Gasteiger partial charge in [0.2, 0.25) is 0 Å². The number of likely N-dealkylation sites (tertiary alicyclic amines) is 1. The molecule has 7 nitrogen and oxygen atoms in total. The average Bonchev–Trinajstić information content (AvgIpc) is 3.12. The molecule has 2 aliphatic rings. The molecule has 4 rings (SSSR count). The third kappa shape index (κ3) is 3.50. The number of aromatic amines is 1. The number of carboxylic acid groups (broad SMARTS) is 1. The van der Waals surface area contributed by atoms with Gasteiger partial charge in [0, 0.05) is 31.7 Å². The van der Waals surface area contributed by atoms with Crippen molar-refractivity contribution < 1.29 is 19.0 Å². The van der Waals surface area contributed by atoms with E-state index in [1.54, 1.807) is 7.11 Å². The third-order valence-corrected chi connectivity index (χ3v) is 6.10. The van der Waals surface area contributed by atoms with Crippen molar-refractivity contribution in [3.63, 3.8) is 0 Å². The van der Waals surface area contributed by atoms with E-state index in [-0.39, 0.29) is 11.7 Å². The number of methoxy groups -OCH3 is 1. The zero-order chi connectivity index (χ0) is 19.0. The van der Waals surface area contributed by atoms with E-state index in [4.69, 9.17) is 9.84 Å². The molecule has 0 aromatic carbocycles. The van der Waals surface area contributed by atoms with Crippen LogP contribution in [-0.2, 0) is 4.74 Å². The third-order valence-electron chi connectivity index (χ3n) is 6.10. The molecule has 2 fully saturated rings. The maximum atomic E-state index is 14.7. The van der Waals surface area contributed by atoms with Crippen molar-refractivity contribution in [3.05, 3.63) is 23.4 Å². The fraction of sp³-hybridized carbons (Fsp3) is 0.632. The molecule has 8 heteroatoms. The Morgan fingerprint density at radius 2 is 1.93 bits per heavy atom. The number of hydrogen-bond acceptors (Lipinski definition) is 4. The first-order valence-electron chi connectivity index (χ1n) is 9.61. The van der Waals surface area contributed by atoms with Gasteiger partial charge >= 0.3 is 6.09 Å². The van der Waals surface area contributed by atoms with Crippen LogP contribution in [0.4, 0.5) is 9.18 Å². The Labute approximate surface area is 156 Å². The number of pyridine rings is 1. The highest BCUT2D eigenvalue weighted by atomic mass is 19.1. The van der Waals surface area contributed by atoms with Crippen molar-refractivity contribution >= 4 is 17.3 Å². The average molecular weight is 376 g/mol. The topological polar surface area (TPSA) is 91.3 Å². The van der Waals surface area contributed by atoms with Crippen LogP contribution in [0.1, 0.15) is 61.7 Å². The number of carbonyl (C=O) groups is 1. The Balaban J connectivity index is 1.59. The number of amides is 1. The van der Waals surface area contributed by atoms with Crippen molar-refractivity contribution in [1.29, 1.82) is 0 Å². The van der Waals surface area contributed by atoms with Crippen molar-refractivity contribution in [2.75, 3.05) is 20.2 Å². The van der Waals surface area contributed by atoms with E-state index in [1.807, 2.05) is 0 Å². The van der Waals surface area contributed by atoms with Crippen LogP contribution in [0.5, 0.6) is 0 Å². The van der Waals surface area contributed by atoms with Gasteiger partial charge in [0.1, 0.15) is 11.6 Å². The number of nitrogens with one attached hydrogen (secondary N) is 1. The second-order valence-corrected chi connectivity index (χ2v) is 7.59. The number of fused-ring (bicyclic) bond motifs is 1. The van der Waals surface area contributed by atoms with Gasteiger partial charge in [-0.15, -0.1) is 0 Å². The van der Waals surface area contributed by atoms with Crippen LogP contribution in [0.15, 0.2) is 6.20 Å². The van der Waals surface area contributed by atoms with Gasteiger partial charge in [0.25, 0.3) is 0 Å². The standard InChI is InChI=1S/C19H25FN4O3/c1-27-13-4-2-12(3-5-13)17-22-16-15(14(20)10-21-18(16)23-17)11-6-8-24(9-7-11)19(25)26/h10-13H,2-9H2,1H3,(H,25,26)(H,21,22,23). The molecule has 0 radical (unpaired) electrons. The summed E-state index contributed by atoms with van der Waals surface area (Å²) in [4.78, 5) is 24.7. The minimum Gasteiger partial charge on any atom is -0.465 e. The molecule has 1 amide bonds. The maximum Gasteiger partial charge on any atom is 0.407 e. The lowest BCUT2D eigenvalue weighted by Gasteiger charge is -2.30. The van der Waals surface area contributed by atoms with Crippen LogP contribution in [-0.4, -0.2) is 57.4 Å². The number of imidazole rings is 1. The lowest BCUT2D eigenvalue weighted by Crippen LogP contribution is -2.37. The van der Waals surface area contributed by atoms with Crippen LogP contribution in [0.2, 0.25) is 0 Å².